The molecule has 8 nitrogen and oxygen atoms in total. The number of nitrogens with zero attached hydrogens (tertiary/aromatic N) is 1. The lowest BCUT2D eigenvalue weighted by molar-refractivity contribution is -0.145. The Hall–Kier alpha value is -3.08. The fraction of sp³-hybridized carbons (Fsp3) is 0.500. The SMILES string of the molecule is COC(=O)[C@@H](CCCC#N)NC(=O)[C@H](NC(=O)OCc1ccccc1)C(C)C. The summed E-state index contributed by atoms with van der Waals surface area (Å²) in [5.41, 5.74) is 0.825. The number of nitrogens with one attached hydrogen (secondary N) is 2. The molecule has 152 valence electrons. The summed E-state index contributed by atoms with van der Waals surface area (Å²) in [5, 5.41) is 13.8. The van der Waals surface area contributed by atoms with Crippen molar-refractivity contribution in [3.05, 3.63) is 35.9 Å². The molecule has 2 N–H and O–H groups in total. The highest BCUT2D eigenvalue weighted by Gasteiger charge is 2.29. The summed E-state index contributed by atoms with van der Waals surface area (Å²) in [7, 11) is 1.23. The molecule has 0 unspecified atom stereocenters. The van der Waals surface area contributed by atoms with E-state index in [0.717, 1.165) is 5.56 Å². The average Bonchev–Trinajstić information content (AvgIpc) is 2.69. The molecule has 0 fully saturated rings. The molecule has 8 heteroatoms. The highest BCUT2D eigenvalue weighted by Crippen LogP contribution is 2.08. The first-order valence-electron chi connectivity index (χ1n) is 9.11. The Kier molecular flexibility index (Phi) is 10.1. The second kappa shape index (κ2) is 12.3. The summed E-state index contributed by atoms with van der Waals surface area (Å²) in [6.45, 7) is 3.62. The number of carbonyl (C=O) groups excluding carboxylic acids is 3. The number of unbranched alkanes of at least 4 members (excludes halogenated alkanes) is 1. The molecule has 0 spiro atoms. The second-order valence-corrected chi connectivity index (χ2v) is 6.56. The zero-order chi connectivity index (χ0) is 20.9. The number of benzene rings is 1. The maximum atomic E-state index is 12.6. The summed E-state index contributed by atoms with van der Waals surface area (Å²) < 4.78 is 9.86. The van der Waals surface area contributed by atoms with Gasteiger partial charge in [-0.3, -0.25) is 4.79 Å². The van der Waals surface area contributed by atoms with Crippen LogP contribution in [0.5, 0.6) is 0 Å². The highest BCUT2D eigenvalue weighted by atomic mass is 16.5. The molecule has 0 radical (unpaired) electrons. The number of hydrogen-bond acceptors (Lipinski definition) is 6. The third-order valence-electron chi connectivity index (χ3n) is 4.02. The monoisotopic (exact) mass is 389 g/mol. The van der Waals surface area contributed by atoms with Crippen LogP contribution in [0, 0.1) is 17.2 Å². The van der Waals surface area contributed by atoms with Crippen molar-refractivity contribution in [3.63, 3.8) is 0 Å². The summed E-state index contributed by atoms with van der Waals surface area (Å²) in [6.07, 6.45) is 0.253. The normalized spacial score (nSPS) is 12.4. The van der Waals surface area contributed by atoms with Gasteiger partial charge in [-0.1, -0.05) is 44.2 Å². The minimum absolute atomic E-state index is 0.0814. The first-order valence-corrected chi connectivity index (χ1v) is 9.11. The third-order valence-corrected chi connectivity index (χ3v) is 4.02. The molecule has 1 rings (SSSR count). The maximum absolute atomic E-state index is 12.6. The van der Waals surface area contributed by atoms with E-state index < -0.39 is 30.1 Å². The molecule has 0 bridgehead atoms. The number of esters is 1. The van der Waals surface area contributed by atoms with Gasteiger partial charge in [0.2, 0.25) is 5.91 Å². The molecular weight excluding hydrogens is 362 g/mol. The molecular formula is C20H27N3O5. The maximum Gasteiger partial charge on any atom is 0.408 e. The lowest BCUT2D eigenvalue weighted by Crippen LogP contribution is -2.53. The predicted molar refractivity (Wildman–Crippen MR) is 102 cm³/mol. The van der Waals surface area contributed by atoms with Crippen molar-refractivity contribution in [1.29, 1.82) is 5.26 Å². The fourth-order valence-electron chi connectivity index (χ4n) is 2.46. The Morgan fingerprint density at radius 1 is 1.14 bits per heavy atom. The van der Waals surface area contributed by atoms with Gasteiger partial charge < -0.3 is 20.1 Å². The van der Waals surface area contributed by atoms with Crippen LogP contribution in [0.25, 0.3) is 0 Å². The van der Waals surface area contributed by atoms with Gasteiger partial charge >= 0.3 is 12.1 Å². The van der Waals surface area contributed by atoms with E-state index in [2.05, 4.69) is 10.6 Å². The van der Waals surface area contributed by atoms with Gasteiger partial charge in [0.15, 0.2) is 0 Å². The Morgan fingerprint density at radius 3 is 2.39 bits per heavy atom. The zero-order valence-corrected chi connectivity index (χ0v) is 16.4. The van der Waals surface area contributed by atoms with Gasteiger partial charge in [-0.25, -0.2) is 9.59 Å². The number of alkyl carbamates (subject to hydrolysis) is 1. The third kappa shape index (κ3) is 8.08. The molecule has 2 atom stereocenters. The van der Waals surface area contributed by atoms with Crippen molar-refractivity contribution < 1.29 is 23.9 Å². The van der Waals surface area contributed by atoms with E-state index in [1.807, 2.05) is 36.4 Å². The lowest BCUT2D eigenvalue weighted by atomic mass is 10.0. The van der Waals surface area contributed by atoms with Crippen LogP contribution in [0.2, 0.25) is 0 Å². The topological polar surface area (TPSA) is 118 Å². The predicted octanol–water partition coefficient (Wildman–Crippen LogP) is 2.29. The van der Waals surface area contributed by atoms with Crippen LogP contribution >= 0.6 is 0 Å². The molecule has 0 aliphatic carbocycles. The van der Waals surface area contributed by atoms with Crippen LogP contribution in [0.3, 0.4) is 0 Å². The average molecular weight is 389 g/mol. The summed E-state index contributed by atoms with van der Waals surface area (Å²) in [6, 6.07) is 9.39. The van der Waals surface area contributed by atoms with Crippen LogP contribution in [-0.4, -0.2) is 37.2 Å². The van der Waals surface area contributed by atoms with Gasteiger partial charge in [0.25, 0.3) is 0 Å². The van der Waals surface area contributed by atoms with Crippen LogP contribution in [0.15, 0.2) is 30.3 Å². The van der Waals surface area contributed by atoms with Crippen molar-refractivity contribution in [2.45, 2.75) is 51.8 Å². The van der Waals surface area contributed by atoms with Gasteiger partial charge in [-0.05, 0) is 24.3 Å². The molecule has 28 heavy (non-hydrogen) atoms. The van der Waals surface area contributed by atoms with Crippen molar-refractivity contribution in [2.24, 2.45) is 5.92 Å². The number of hydrogen-bond donors (Lipinski definition) is 2. The molecule has 1 aromatic rings. The minimum atomic E-state index is -0.883. The van der Waals surface area contributed by atoms with Crippen LogP contribution < -0.4 is 10.6 Å². The lowest BCUT2D eigenvalue weighted by Gasteiger charge is -2.24. The van der Waals surface area contributed by atoms with E-state index in [1.165, 1.54) is 7.11 Å². The molecule has 0 aromatic heterocycles. The van der Waals surface area contributed by atoms with Gasteiger partial charge in [0, 0.05) is 6.42 Å². The number of ether oxygens (including phenoxy) is 2. The first-order chi connectivity index (χ1) is 13.4. The molecule has 1 aromatic carbocycles. The standard InChI is InChI=1S/C20H27N3O5/c1-14(2)17(23-20(26)28-13-15-9-5-4-6-10-15)18(24)22-16(19(25)27-3)11-7-8-12-21/h4-6,9-10,14,16-17H,7-8,11,13H2,1-3H3,(H,22,24)(H,23,26)/t16-,17-/m1/s1. The summed E-state index contributed by atoms with van der Waals surface area (Å²) in [5.74, 6) is -1.35. The molecule has 0 aliphatic heterocycles. The Balaban J connectivity index is 2.66. The van der Waals surface area contributed by atoms with E-state index in [1.54, 1.807) is 13.8 Å². The van der Waals surface area contributed by atoms with Gasteiger partial charge in [0.1, 0.15) is 18.7 Å². The van der Waals surface area contributed by atoms with E-state index in [9.17, 15) is 14.4 Å². The number of rotatable bonds is 10. The second-order valence-electron chi connectivity index (χ2n) is 6.56. The summed E-state index contributed by atoms with van der Waals surface area (Å²) in [4.78, 5) is 36.6. The first kappa shape index (κ1) is 23.0. The highest BCUT2D eigenvalue weighted by molar-refractivity contribution is 5.89. The Bertz CT molecular complexity index is 685. The van der Waals surface area contributed by atoms with Crippen molar-refractivity contribution in [3.8, 4) is 6.07 Å². The van der Waals surface area contributed by atoms with E-state index in [0.29, 0.717) is 6.42 Å². The van der Waals surface area contributed by atoms with Crippen LogP contribution in [-0.2, 0) is 25.7 Å². The van der Waals surface area contributed by atoms with Crippen LogP contribution in [0.4, 0.5) is 4.79 Å². The zero-order valence-electron chi connectivity index (χ0n) is 16.4. The quantitative estimate of drug-likeness (QED) is 0.468. The van der Waals surface area contributed by atoms with E-state index >= 15 is 0 Å². The van der Waals surface area contributed by atoms with Gasteiger partial charge in [0.05, 0.1) is 13.2 Å². The van der Waals surface area contributed by atoms with Crippen molar-refractivity contribution >= 4 is 18.0 Å². The molecule has 0 aliphatic rings. The Morgan fingerprint density at radius 2 is 1.82 bits per heavy atom. The van der Waals surface area contributed by atoms with Gasteiger partial charge in [-0.15, -0.1) is 0 Å². The minimum Gasteiger partial charge on any atom is -0.467 e. The summed E-state index contributed by atoms with van der Waals surface area (Å²) >= 11 is 0. The van der Waals surface area contributed by atoms with E-state index in [-0.39, 0.29) is 25.4 Å². The molecule has 0 saturated carbocycles. The number of methoxy groups -OCH3 is 1. The largest absolute Gasteiger partial charge is 0.467 e. The number of amides is 2. The van der Waals surface area contributed by atoms with Gasteiger partial charge in [-0.2, -0.15) is 5.26 Å². The van der Waals surface area contributed by atoms with E-state index in [4.69, 9.17) is 14.7 Å². The van der Waals surface area contributed by atoms with Crippen molar-refractivity contribution in [1.82, 2.24) is 10.6 Å². The molecule has 0 heterocycles. The van der Waals surface area contributed by atoms with Crippen molar-refractivity contribution in [2.75, 3.05) is 7.11 Å². The van der Waals surface area contributed by atoms with Crippen LogP contribution in [0.1, 0.15) is 38.7 Å². The Labute approximate surface area is 165 Å². The smallest absolute Gasteiger partial charge is 0.408 e. The fourth-order valence-corrected chi connectivity index (χ4v) is 2.46. The molecule has 0 saturated heterocycles. The molecule has 2 amide bonds. The number of nitriles is 1. The number of carbonyl (C=O) groups is 3.